The van der Waals surface area contributed by atoms with Crippen molar-refractivity contribution < 1.29 is 5.11 Å². The molecule has 0 atom stereocenters. The summed E-state index contributed by atoms with van der Waals surface area (Å²) in [5, 5.41) is 9.07. The summed E-state index contributed by atoms with van der Waals surface area (Å²) >= 11 is 5.76. The van der Waals surface area contributed by atoms with Crippen molar-refractivity contribution in [3.8, 4) is 0 Å². The van der Waals surface area contributed by atoms with E-state index in [4.69, 9.17) is 16.7 Å². The summed E-state index contributed by atoms with van der Waals surface area (Å²) in [7, 11) is 0. The fourth-order valence-corrected chi connectivity index (χ4v) is 0.883. The van der Waals surface area contributed by atoms with E-state index in [-0.39, 0.29) is 6.61 Å². The predicted molar refractivity (Wildman–Crippen MR) is 45.4 cm³/mol. The Hall–Kier alpha value is -0.860. The Bertz CT molecular complexity index is 260. The molecule has 0 aliphatic heterocycles. The maximum atomic E-state index is 8.47. The number of hydrogen-bond donors (Lipinski definition) is 1. The highest BCUT2D eigenvalue weighted by atomic mass is 35.5. The van der Waals surface area contributed by atoms with Crippen molar-refractivity contribution in [2.24, 2.45) is 0 Å². The molecule has 0 aliphatic rings. The molecule has 2 nitrogen and oxygen atoms in total. The van der Waals surface area contributed by atoms with Gasteiger partial charge in [0.1, 0.15) is 0 Å². The number of hydrogen-bond acceptors (Lipinski definition) is 2. The van der Waals surface area contributed by atoms with Crippen molar-refractivity contribution >= 4 is 17.7 Å². The first-order valence-electron chi connectivity index (χ1n) is 3.21. The van der Waals surface area contributed by atoms with E-state index in [2.05, 4.69) is 4.98 Å². The summed E-state index contributed by atoms with van der Waals surface area (Å²) in [6.07, 6.45) is 6.60. The molecule has 0 fully saturated rings. The van der Waals surface area contributed by atoms with Crippen LogP contribution in [-0.2, 0) is 0 Å². The Labute approximate surface area is 70.2 Å². The Kier molecular flexibility index (Phi) is 3.08. The number of pyridine rings is 1. The average molecular weight is 170 g/mol. The molecule has 0 saturated heterocycles. The van der Waals surface area contributed by atoms with Crippen LogP contribution in [0, 0.1) is 0 Å². The smallest absolute Gasteiger partial charge is 0.0661 e. The molecule has 0 unspecified atom stereocenters. The van der Waals surface area contributed by atoms with Gasteiger partial charge in [0, 0.05) is 12.4 Å². The number of rotatable bonds is 2. The van der Waals surface area contributed by atoms with E-state index in [1.807, 2.05) is 0 Å². The molecule has 1 heterocycles. The molecule has 3 heteroatoms. The monoisotopic (exact) mass is 169 g/mol. The molecule has 0 radical (unpaired) electrons. The second-order valence-corrected chi connectivity index (χ2v) is 2.39. The molecule has 1 N–H and O–H groups in total. The first-order valence-corrected chi connectivity index (χ1v) is 3.59. The van der Waals surface area contributed by atoms with Crippen molar-refractivity contribution in [3.63, 3.8) is 0 Å². The highest BCUT2D eigenvalue weighted by Crippen LogP contribution is 2.14. The summed E-state index contributed by atoms with van der Waals surface area (Å²) in [6.45, 7) is 0.0264. The number of aliphatic hydroxyl groups is 1. The second-order valence-electron chi connectivity index (χ2n) is 1.98. The summed E-state index contributed by atoms with van der Waals surface area (Å²) in [5.41, 5.74) is 0.871. The number of aromatic nitrogens is 1. The topological polar surface area (TPSA) is 33.1 Å². The first-order chi connectivity index (χ1) is 5.34. The zero-order valence-corrected chi connectivity index (χ0v) is 6.62. The van der Waals surface area contributed by atoms with E-state index >= 15 is 0 Å². The SMILES string of the molecule is OC/C=C/c1ccncc1Cl. The molecule has 0 amide bonds. The molecule has 0 spiro atoms. The van der Waals surface area contributed by atoms with Crippen LogP contribution in [0.3, 0.4) is 0 Å². The van der Waals surface area contributed by atoms with Crippen LogP contribution in [0.2, 0.25) is 5.02 Å². The predicted octanol–water partition coefficient (Wildman–Crippen LogP) is 1.74. The Balaban J connectivity index is 2.86. The number of nitrogens with zero attached hydrogens (tertiary/aromatic N) is 1. The van der Waals surface area contributed by atoms with Gasteiger partial charge in [-0.15, -0.1) is 0 Å². The number of halogens is 1. The van der Waals surface area contributed by atoms with Gasteiger partial charge in [-0.1, -0.05) is 23.8 Å². The summed E-state index contributed by atoms with van der Waals surface area (Å²) in [6, 6.07) is 1.79. The van der Waals surface area contributed by atoms with Crippen molar-refractivity contribution in [1.29, 1.82) is 0 Å². The molecule has 58 valence electrons. The van der Waals surface area contributed by atoms with Gasteiger partial charge < -0.3 is 5.11 Å². The van der Waals surface area contributed by atoms with E-state index in [0.717, 1.165) is 5.56 Å². The molecule has 0 bridgehead atoms. The molecule has 1 aromatic rings. The van der Waals surface area contributed by atoms with E-state index in [0.29, 0.717) is 5.02 Å². The lowest BCUT2D eigenvalue weighted by Crippen LogP contribution is -1.77. The average Bonchev–Trinajstić information content (AvgIpc) is 2.03. The van der Waals surface area contributed by atoms with Crippen molar-refractivity contribution in [2.75, 3.05) is 6.61 Å². The van der Waals surface area contributed by atoms with Gasteiger partial charge in [-0.2, -0.15) is 0 Å². The minimum Gasteiger partial charge on any atom is -0.392 e. The van der Waals surface area contributed by atoms with Crippen molar-refractivity contribution in [3.05, 3.63) is 35.1 Å². The molecule has 0 saturated carbocycles. The quantitative estimate of drug-likeness (QED) is 0.732. The van der Waals surface area contributed by atoms with E-state index in [1.54, 1.807) is 30.6 Å². The molecule has 1 rings (SSSR count). The molecule has 0 aromatic carbocycles. The highest BCUT2D eigenvalue weighted by molar-refractivity contribution is 6.31. The molecule has 0 aliphatic carbocycles. The third-order valence-electron chi connectivity index (χ3n) is 1.21. The number of aliphatic hydroxyl groups excluding tert-OH is 1. The highest BCUT2D eigenvalue weighted by Gasteiger charge is 1.92. The lowest BCUT2D eigenvalue weighted by atomic mass is 10.2. The largest absolute Gasteiger partial charge is 0.392 e. The van der Waals surface area contributed by atoms with Crippen molar-refractivity contribution in [2.45, 2.75) is 0 Å². The van der Waals surface area contributed by atoms with Crippen LogP contribution < -0.4 is 0 Å². The summed E-state index contributed by atoms with van der Waals surface area (Å²) in [4.78, 5) is 3.82. The van der Waals surface area contributed by atoms with E-state index in [9.17, 15) is 0 Å². The van der Waals surface area contributed by atoms with Gasteiger partial charge in [-0.3, -0.25) is 4.98 Å². The second kappa shape index (κ2) is 4.11. The van der Waals surface area contributed by atoms with Gasteiger partial charge in [0.15, 0.2) is 0 Å². The van der Waals surface area contributed by atoms with Crippen LogP contribution in [0.25, 0.3) is 6.08 Å². The minimum atomic E-state index is 0.0264. The van der Waals surface area contributed by atoms with Crippen LogP contribution in [0.4, 0.5) is 0 Å². The van der Waals surface area contributed by atoms with Gasteiger partial charge in [0.25, 0.3) is 0 Å². The van der Waals surface area contributed by atoms with Crippen LogP contribution in [0.1, 0.15) is 5.56 Å². The molecular weight excluding hydrogens is 162 g/mol. The Morgan fingerprint density at radius 1 is 1.64 bits per heavy atom. The summed E-state index contributed by atoms with van der Waals surface area (Å²) in [5.74, 6) is 0. The molecular formula is C8H8ClNO. The lowest BCUT2D eigenvalue weighted by molar-refractivity contribution is 0.343. The van der Waals surface area contributed by atoms with Crippen LogP contribution in [0.15, 0.2) is 24.5 Å². The first kappa shape index (κ1) is 8.24. The van der Waals surface area contributed by atoms with Crippen LogP contribution >= 0.6 is 11.6 Å². The standard InChI is InChI=1S/C8H8ClNO/c9-8-6-10-4-3-7(8)2-1-5-11/h1-4,6,11H,5H2/b2-1+. The fraction of sp³-hybridized carbons (Fsp3) is 0.125. The fourth-order valence-electron chi connectivity index (χ4n) is 0.701. The molecule has 11 heavy (non-hydrogen) atoms. The maximum absolute atomic E-state index is 8.47. The zero-order chi connectivity index (χ0) is 8.10. The zero-order valence-electron chi connectivity index (χ0n) is 5.87. The third-order valence-corrected chi connectivity index (χ3v) is 1.52. The third kappa shape index (κ3) is 2.33. The van der Waals surface area contributed by atoms with Gasteiger partial charge in [-0.25, -0.2) is 0 Å². The van der Waals surface area contributed by atoms with E-state index in [1.165, 1.54) is 0 Å². The van der Waals surface area contributed by atoms with E-state index < -0.39 is 0 Å². The normalized spacial score (nSPS) is 10.7. The maximum Gasteiger partial charge on any atom is 0.0661 e. The van der Waals surface area contributed by atoms with Gasteiger partial charge in [-0.05, 0) is 11.6 Å². The Morgan fingerprint density at radius 2 is 2.45 bits per heavy atom. The Morgan fingerprint density at radius 3 is 3.09 bits per heavy atom. The summed E-state index contributed by atoms with van der Waals surface area (Å²) < 4.78 is 0. The van der Waals surface area contributed by atoms with Gasteiger partial charge in [0.2, 0.25) is 0 Å². The van der Waals surface area contributed by atoms with Gasteiger partial charge >= 0.3 is 0 Å². The van der Waals surface area contributed by atoms with Gasteiger partial charge in [0.05, 0.1) is 11.6 Å². The van der Waals surface area contributed by atoms with Crippen molar-refractivity contribution in [1.82, 2.24) is 4.98 Å². The van der Waals surface area contributed by atoms with Crippen LogP contribution in [0.5, 0.6) is 0 Å². The minimum absolute atomic E-state index is 0.0264. The lowest BCUT2D eigenvalue weighted by Gasteiger charge is -1.93. The molecule has 1 aromatic heterocycles. The van der Waals surface area contributed by atoms with Crippen LogP contribution in [-0.4, -0.2) is 16.7 Å².